The topological polar surface area (TPSA) is 53.7 Å². The summed E-state index contributed by atoms with van der Waals surface area (Å²) in [6, 6.07) is 3.53. The van der Waals surface area contributed by atoms with E-state index in [2.05, 4.69) is 15.9 Å². The first kappa shape index (κ1) is 15.3. The van der Waals surface area contributed by atoms with Gasteiger partial charge in [-0.15, -0.1) is 0 Å². The summed E-state index contributed by atoms with van der Waals surface area (Å²) in [4.78, 5) is 0. The van der Waals surface area contributed by atoms with E-state index in [4.69, 9.17) is 19.9 Å². The van der Waals surface area contributed by atoms with Crippen molar-refractivity contribution in [2.75, 3.05) is 20.8 Å². The lowest BCUT2D eigenvalue weighted by atomic mass is 10.1. The van der Waals surface area contributed by atoms with Crippen LogP contribution in [0.25, 0.3) is 0 Å². The van der Waals surface area contributed by atoms with E-state index in [9.17, 15) is 0 Å². The third-order valence-corrected chi connectivity index (χ3v) is 3.28. The molecule has 0 aliphatic carbocycles. The van der Waals surface area contributed by atoms with Gasteiger partial charge in [0.05, 0.1) is 33.0 Å². The number of rotatable bonds is 6. The van der Waals surface area contributed by atoms with E-state index in [1.54, 1.807) is 14.2 Å². The molecule has 1 rings (SSSR count). The van der Waals surface area contributed by atoms with Gasteiger partial charge >= 0.3 is 0 Å². The number of nitrogens with two attached hydrogens (primary N) is 1. The molecule has 0 radical (unpaired) electrons. The average molecular weight is 318 g/mol. The van der Waals surface area contributed by atoms with Gasteiger partial charge in [-0.25, -0.2) is 0 Å². The van der Waals surface area contributed by atoms with Crippen molar-refractivity contribution in [2.45, 2.75) is 26.0 Å². The highest BCUT2D eigenvalue weighted by molar-refractivity contribution is 9.10. The Balaban J connectivity index is 2.97. The maximum Gasteiger partial charge on any atom is 0.141 e. The number of ether oxygens (including phenoxy) is 3. The van der Waals surface area contributed by atoms with Gasteiger partial charge in [0.2, 0.25) is 0 Å². The van der Waals surface area contributed by atoms with Gasteiger partial charge in [-0.3, -0.25) is 0 Å². The van der Waals surface area contributed by atoms with Crippen LogP contribution in [-0.2, 0) is 4.74 Å². The monoisotopic (exact) mass is 317 g/mol. The SMILES string of the molecule is COc1ccc(C(N)COC(C)C)c(OC)c1Br. The normalized spacial score (nSPS) is 12.6. The Hall–Kier alpha value is -0.780. The summed E-state index contributed by atoms with van der Waals surface area (Å²) in [5.74, 6) is 1.40. The molecule has 102 valence electrons. The first-order valence-corrected chi connectivity index (χ1v) is 6.58. The first-order chi connectivity index (χ1) is 8.51. The quantitative estimate of drug-likeness (QED) is 0.876. The molecule has 4 nitrogen and oxygen atoms in total. The lowest BCUT2D eigenvalue weighted by molar-refractivity contribution is 0.0678. The zero-order chi connectivity index (χ0) is 13.7. The van der Waals surface area contributed by atoms with Crippen molar-refractivity contribution in [3.63, 3.8) is 0 Å². The van der Waals surface area contributed by atoms with Gasteiger partial charge in [-0.1, -0.05) is 0 Å². The van der Waals surface area contributed by atoms with Gasteiger partial charge < -0.3 is 19.9 Å². The van der Waals surface area contributed by atoms with Gasteiger partial charge in [-0.05, 0) is 41.9 Å². The van der Waals surface area contributed by atoms with Crippen molar-refractivity contribution in [3.8, 4) is 11.5 Å². The van der Waals surface area contributed by atoms with Crippen molar-refractivity contribution in [1.29, 1.82) is 0 Å². The molecule has 0 amide bonds. The van der Waals surface area contributed by atoms with Crippen LogP contribution in [0, 0.1) is 0 Å². The molecule has 0 heterocycles. The summed E-state index contributed by atoms with van der Waals surface area (Å²) in [5, 5.41) is 0. The van der Waals surface area contributed by atoms with E-state index < -0.39 is 0 Å². The average Bonchev–Trinajstić information content (AvgIpc) is 2.35. The molecule has 18 heavy (non-hydrogen) atoms. The summed E-state index contributed by atoms with van der Waals surface area (Å²) in [5.41, 5.74) is 7.01. The van der Waals surface area contributed by atoms with Crippen molar-refractivity contribution in [3.05, 3.63) is 22.2 Å². The Labute approximate surface area is 117 Å². The summed E-state index contributed by atoms with van der Waals surface area (Å²) in [6.07, 6.45) is 0.156. The zero-order valence-corrected chi connectivity index (χ0v) is 12.8. The molecule has 1 aromatic carbocycles. The zero-order valence-electron chi connectivity index (χ0n) is 11.2. The van der Waals surface area contributed by atoms with E-state index in [0.717, 1.165) is 10.0 Å². The Morgan fingerprint density at radius 2 is 1.89 bits per heavy atom. The highest BCUT2D eigenvalue weighted by Gasteiger charge is 2.18. The van der Waals surface area contributed by atoms with Gasteiger partial charge in [0, 0.05) is 5.56 Å². The maximum absolute atomic E-state index is 6.11. The standard InChI is InChI=1S/C13H20BrNO3/c1-8(2)18-7-10(15)9-5-6-11(16-3)12(14)13(9)17-4/h5-6,8,10H,7,15H2,1-4H3. The third-order valence-electron chi connectivity index (χ3n) is 2.52. The summed E-state index contributed by atoms with van der Waals surface area (Å²) < 4.78 is 16.9. The Morgan fingerprint density at radius 1 is 1.22 bits per heavy atom. The lowest BCUT2D eigenvalue weighted by Crippen LogP contribution is -2.20. The van der Waals surface area contributed by atoms with Crippen LogP contribution in [-0.4, -0.2) is 26.9 Å². The molecular weight excluding hydrogens is 298 g/mol. The number of methoxy groups -OCH3 is 2. The molecule has 0 saturated heterocycles. The van der Waals surface area contributed by atoms with Gasteiger partial charge in [-0.2, -0.15) is 0 Å². The molecular formula is C13H20BrNO3. The second-order valence-corrected chi connectivity index (χ2v) is 4.99. The lowest BCUT2D eigenvalue weighted by Gasteiger charge is -2.19. The first-order valence-electron chi connectivity index (χ1n) is 5.78. The summed E-state index contributed by atoms with van der Waals surface area (Å²) in [7, 11) is 3.22. The molecule has 1 aromatic rings. The second-order valence-electron chi connectivity index (χ2n) is 4.19. The van der Waals surface area contributed by atoms with E-state index in [1.807, 2.05) is 26.0 Å². The molecule has 0 fully saturated rings. The highest BCUT2D eigenvalue weighted by Crippen LogP contribution is 2.39. The number of hydrogen-bond donors (Lipinski definition) is 1. The van der Waals surface area contributed by atoms with Gasteiger partial charge in [0.1, 0.15) is 16.0 Å². The molecule has 0 aliphatic heterocycles. The maximum atomic E-state index is 6.11. The van der Waals surface area contributed by atoms with Crippen LogP contribution < -0.4 is 15.2 Å². The van der Waals surface area contributed by atoms with Crippen molar-refractivity contribution < 1.29 is 14.2 Å². The Morgan fingerprint density at radius 3 is 2.39 bits per heavy atom. The minimum Gasteiger partial charge on any atom is -0.495 e. The predicted molar refractivity (Wildman–Crippen MR) is 75.3 cm³/mol. The van der Waals surface area contributed by atoms with Crippen molar-refractivity contribution >= 4 is 15.9 Å². The Bertz CT molecular complexity index is 396. The smallest absolute Gasteiger partial charge is 0.141 e. The van der Waals surface area contributed by atoms with E-state index >= 15 is 0 Å². The second kappa shape index (κ2) is 6.97. The van der Waals surface area contributed by atoms with E-state index in [0.29, 0.717) is 18.1 Å². The minimum atomic E-state index is -0.232. The van der Waals surface area contributed by atoms with Gasteiger partial charge in [0.15, 0.2) is 0 Å². The van der Waals surface area contributed by atoms with Crippen LogP contribution in [0.4, 0.5) is 0 Å². The van der Waals surface area contributed by atoms with Crippen molar-refractivity contribution in [2.24, 2.45) is 5.73 Å². The van der Waals surface area contributed by atoms with Crippen LogP contribution in [0.3, 0.4) is 0 Å². The fourth-order valence-corrected chi connectivity index (χ4v) is 2.28. The van der Waals surface area contributed by atoms with Crippen LogP contribution in [0.5, 0.6) is 11.5 Å². The fraction of sp³-hybridized carbons (Fsp3) is 0.538. The molecule has 2 N–H and O–H groups in total. The molecule has 1 unspecified atom stereocenters. The molecule has 0 aliphatic rings. The number of benzene rings is 1. The van der Waals surface area contributed by atoms with Crippen LogP contribution in [0.15, 0.2) is 16.6 Å². The molecule has 5 heteroatoms. The number of hydrogen-bond acceptors (Lipinski definition) is 4. The van der Waals surface area contributed by atoms with E-state index in [1.165, 1.54) is 0 Å². The molecule has 0 bridgehead atoms. The van der Waals surface area contributed by atoms with Crippen LogP contribution >= 0.6 is 15.9 Å². The van der Waals surface area contributed by atoms with Gasteiger partial charge in [0.25, 0.3) is 0 Å². The largest absolute Gasteiger partial charge is 0.495 e. The third kappa shape index (κ3) is 3.60. The fourth-order valence-electron chi connectivity index (χ4n) is 1.60. The number of halogens is 1. The molecule has 1 atom stereocenters. The van der Waals surface area contributed by atoms with Crippen LogP contribution in [0.1, 0.15) is 25.5 Å². The molecule has 0 aromatic heterocycles. The highest BCUT2D eigenvalue weighted by atomic mass is 79.9. The van der Waals surface area contributed by atoms with Crippen molar-refractivity contribution in [1.82, 2.24) is 0 Å². The summed E-state index contributed by atoms with van der Waals surface area (Å²) in [6.45, 7) is 4.41. The van der Waals surface area contributed by atoms with Crippen LogP contribution in [0.2, 0.25) is 0 Å². The summed E-state index contributed by atoms with van der Waals surface area (Å²) >= 11 is 3.45. The predicted octanol–water partition coefficient (Wildman–Crippen LogP) is 2.89. The molecule has 0 saturated carbocycles. The molecule has 0 spiro atoms. The minimum absolute atomic E-state index is 0.156. The Kier molecular flexibility index (Phi) is 5.91. The van der Waals surface area contributed by atoms with E-state index in [-0.39, 0.29) is 12.1 Å².